The van der Waals surface area contributed by atoms with Crippen molar-refractivity contribution in [2.75, 3.05) is 14.1 Å². The number of benzene rings is 2. The Kier molecular flexibility index (Phi) is 6.77. The summed E-state index contributed by atoms with van der Waals surface area (Å²) in [6, 6.07) is 12.0. The number of hydrogen-bond donors (Lipinski definition) is 0. The summed E-state index contributed by atoms with van der Waals surface area (Å²) in [5, 5.41) is 0. The third-order valence-corrected chi connectivity index (χ3v) is 7.90. The smallest absolute Gasteiger partial charge is 0.308 e. The first kappa shape index (κ1) is 24.6. The molecule has 0 aliphatic carbocycles. The number of aromatic nitrogens is 2. The molecule has 10 heteroatoms. The fraction of sp³-hybridized carbons (Fsp3) is 0.320. The average molecular weight is 497 g/mol. The van der Waals surface area contributed by atoms with E-state index in [-0.39, 0.29) is 23.8 Å². The van der Waals surface area contributed by atoms with Crippen molar-refractivity contribution in [2.45, 2.75) is 44.4 Å². The highest BCUT2D eigenvalue weighted by Gasteiger charge is 2.29. The van der Waals surface area contributed by atoms with E-state index in [1.807, 2.05) is 41.8 Å². The third kappa shape index (κ3) is 4.71. The minimum atomic E-state index is -3.60. The second-order valence-corrected chi connectivity index (χ2v) is 10.6. The van der Waals surface area contributed by atoms with Crippen molar-refractivity contribution in [2.24, 2.45) is 0 Å². The second kappa shape index (κ2) is 9.63. The van der Waals surface area contributed by atoms with Crippen LogP contribution in [0.15, 0.2) is 53.6 Å². The Morgan fingerprint density at radius 2 is 1.89 bits per heavy atom. The molecule has 0 saturated carbocycles. The van der Waals surface area contributed by atoms with Gasteiger partial charge < -0.3 is 14.2 Å². The molecule has 1 aliphatic heterocycles. The topological polar surface area (TPSA) is 102 Å². The molecule has 0 fully saturated rings. The summed E-state index contributed by atoms with van der Waals surface area (Å²) in [5.41, 5.74) is 3.11. The zero-order valence-electron chi connectivity index (χ0n) is 20.1. The molecule has 9 nitrogen and oxygen atoms in total. The van der Waals surface area contributed by atoms with Crippen molar-refractivity contribution < 1.29 is 22.7 Å². The maximum atomic E-state index is 12.8. The van der Waals surface area contributed by atoms with Gasteiger partial charge in [-0.25, -0.2) is 17.7 Å². The number of carbonyl (C=O) groups excluding carboxylic acids is 2. The molecule has 2 aromatic carbocycles. The van der Waals surface area contributed by atoms with Crippen molar-refractivity contribution in [1.82, 2.24) is 18.8 Å². The fourth-order valence-corrected chi connectivity index (χ4v) is 5.19. The Morgan fingerprint density at radius 3 is 2.57 bits per heavy atom. The summed E-state index contributed by atoms with van der Waals surface area (Å²) in [5.74, 6) is -0.107. The van der Waals surface area contributed by atoms with E-state index in [0.717, 1.165) is 20.9 Å². The van der Waals surface area contributed by atoms with Gasteiger partial charge in [-0.05, 0) is 42.3 Å². The number of carbonyl (C=O) groups is 2. The van der Waals surface area contributed by atoms with Gasteiger partial charge in [-0.2, -0.15) is 0 Å². The largest absolute Gasteiger partial charge is 0.457 e. The Morgan fingerprint density at radius 1 is 1.14 bits per heavy atom. The number of aryl methyl sites for hydroxylation is 1. The van der Waals surface area contributed by atoms with Crippen LogP contribution in [0.5, 0.6) is 0 Å². The van der Waals surface area contributed by atoms with Gasteiger partial charge >= 0.3 is 5.97 Å². The Hall–Kier alpha value is -3.50. The lowest BCUT2D eigenvalue weighted by atomic mass is 9.94. The predicted octanol–water partition coefficient (Wildman–Crippen LogP) is 3.31. The van der Waals surface area contributed by atoms with E-state index in [0.29, 0.717) is 17.9 Å². The molecule has 0 radical (unpaired) electrons. The zero-order valence-corrected chi connectivity index (χ0v) is 20.9. The number of esters is 1. The number of rotatable bonds is 7. The molecule has 0 N–H and O–H groups in total. The van der Waals surface area contributed by atoms with E-state index >= 15 is 0 Å². The minimum Gasteiger partial charge on any atom is -0.457 e. The SMILES string of the molecule is CCn1c(COC(=O)C[C@@H]2c3ccccc3C=CN2C(C)=O)nc2cc(S(=O)(=O)N(C)C)ccc21. The third-order valence-electron chi connectivity index (χ3n) is 6.08. The molecule has 1 atom stereocenters. The van der Waals surface area contributed by atoms with Crippen LogP contribution in [0.2, 0.25) is 0 Å². The van der Waals surface area contributed by atoms with Crippen LogP contribution in [0, 0.1) is 0 Å². The summed E-state index contributed by atoms with van der Waals surface area (Å²) in [6.07, 6.45) is 3.55. The van der Waals surface area contributed by atoms with Crippen molar-refractivity contribution in [3.8, 4) is 0 Å². The summed E-state index contributed by atoms with van der Waals surface area (Å²) < 4.78 is 33.6. The zero-order chi connectivity index (χ0) is 25.3. The van der Waals surface area contributed by atoms with Crippen molar-refractivity contribution >= 4 is 39.0 Å². The number of fused-ring (bicyclic) bond motifs is 2. The molecular formula is C25H28N4O5S. The second-order valence-electron chi connectivity index (χ2n) is 8.46. The Bertz CT molecular complexity index is 1420. The van der Waals surface area contributed by atoms with Gasteiger partial charge in [0, 0.05) is 33.8 Å². The first-order chi connectivity index (χ1) is 16.6. The number of sulfonamides is 1. The number of amides is 1. The highest BCUT2D eigenvalue weighted by molar-refractivity contribution is 7.89. The highest BCUT2D eigenvalue weighted by Crippen LogP contribution is 2.33. The van der Waals surface area contributed by atoms with Crippen LogP contribution in [0.3, 0.4) is 0 Å². The lowest BCUT2D eigenvalue weighted by Gasteiger charge is -2.32. The molecule has 0 unspecified atom stereocenters. The number of nitrogens with zero attached hydrogens (tertiary/aromatic N) is 4. The van der Waals surface area contributed by atoms with Crippen LogP contribution in [-0.2, 0) is 37.5 Å². The van der Waals surface area contributed by atoms with E-state index in [1.54, 1.807) is 18.3 Å². The summed E-state index contributed by atoms with van der Waals surface area (Å²) in [7, 11) is -0.647. The number of hydrogen-bond acceptors (Lipinski definition) is 6. The summed E-state index contributed by atoms with van der Waals surface area (Å²) in [4.78, 5) is 31.2. The van der Waals surface area contributed by atoms with Crippen LogP contribution in [0.4, 0.5) is 0 Å². The maximum absolute atomic E-state index is 12.8. The first-order valence-corrected chi connectivity index (χ1v) is 12.7. The lowest BCUT2D eigenvalue weighted by molar-refractivity contribution is -0.147. The van der Waals surface area contributed by atoms with Crippen molar-refractivity contribution in [1.29, 1.82) is 0 Å². The molecule has 0 saturated heterocycles. The summed E-state index contributed by atoms with van der Waals surface area (Å²) in [6.45, 7) is 3.90. The quantitative estimate of drug-likeness (QED) is 0.465. The summed E-state index contributed by atoms with van der Waals surface area (Å²) >= 11 is 0. The molecule has 1 aliphatic rings. The van der Waals surface area contributed by atoms with Crippen molar-refractivity contribution in [3.63, 3.8) is 0 Å². The van der Waals surface area contributed by atoms with Crippen LogP contribution in [0.25, 0.3) is 17.1 Å². The van der Waals surface area contributed by atoms with E-state index in [9.17, 15) is 18.0 Å². The van der Waals surface area contributed by atoms with Gasteiger partial charge in [0.05, 0.1) is 28.4 Å². The maximum Gasteiger partial charge on any atom is 0.308 e. The van der Waals surface area contributed by atoms with Gasteiger partial charge in [0.2, 0.25) is 15.9 Å². The van der Waals surface area contributed by atoms with Crippen LogP contribution in [0.1, 0.15) is 43.3 Å². The molecular weight excluding hydrogens is 468 g/mol. The van der Waals surface area contributed by atoms with E-state index in [4.69, 9.17) is 4.74 Å². The molecule has 0 bridgehead atoms. The highest BCUT2D eigenvalue weighted by atomic mass is 32.2. The first-order valence-electron chi connectivity index (χ1n) is 11.3. The standard InChI is InChI=1S/C25H28N4O5S/c1-5-28-22-11-10-19(35(32,33)27(3)4)14-21(22)26-24(28)16-34-25(31)15-23-20-9-7-6-8-18(20)12-13-29(23)17(2)30/h6-14,23H,5,15-16H2,1-4H3/t23-/m1/s1. The van der Waals surface area contributed by atoms with Crippen molar-refractivity contribution in [3.05, 3.63) is 65.6 Å². The number of ether oxygens (including phenoxy) is 1. The Labute approximate surface area is 204 Å². The number of imidazole rings is 1. The van der Waals surface area contributed by atoms with Crippen LogP contribution < -0.4 is 0 Å². The van der Waals surface area contributed by atoms with Gasteiger partial charge in [-0.15, -0.1) is 0 Å². The van der Waals surface area contributed by atoms with Gasteiger partial charge in [0.1, 0.15) is 12.4 Å². The van der Waals surface area contributed by atoms with E-state index in [1.165, 1.54) is 32.0 Å². The van der Waals surface area contributed by atoms with E-state index in [2.05, 4.69) is 4.98 Å². The van der Waals surface area contributed by atoms with Gasteiger partial charge in [0.15, 0.2) is 0 Å². The minimum absolute atomic E-state index is 0.00147. The molecule has 184 valence electrons. The molecule has 0 spiro atoms. The van der Waals surface area contributed by atoms with Gasteiger partial charge in [0.25, 0.3) is 0 Å². The molecule has 4 rings (SSSR count). The van der Waals surface area contributed by atoms with Gasteiger partial charge in [-0.1, -0.05) is 24.3 Å². The predicted molar refractivity (Wildman–Crippen MR) is 131 cm³/mol. The van der Waals surface area contributed by atoms with Crippen LogP contribution >= 0.6 is 0 Å². The normalized spacial score (nSPS) is 15.5. The monoisotopic (exact) mass is 496 g/mol. The van der Waals surface area contributed by atoms with E-state index < -0.39 is 22.0 Å². The van der Waals surface area contributed by atoms with Gasteiger partial charge in [-0.3, -0.25) is 9.59 Å². The fourth-order valence-electron chi connectivity index (χ4n) is 4.27. The molecule has 2 heterocycles. The molecule has 3 aromatic rings. The van der Waals surface area contributed by atoms with Crippen LogP contribution in [-0.4, -0.2) is 53.1 Å². The average Bonchev–Trinajstić information content (AvgIpc) is 3.19. The lowest BCUT2D eigenvalue weighted by Crippen LogP contribution is -2.32. The molecule has 1 aromatic heterocycles. The molecule has 35 heavy (non-hydrogen) atoms. The Balaban J connectivity index is 1.54. The molecule has 1 amide bonds.